The number of carbonyl (C=O) groups excluding carboxylic acids is 1. The van der Waals surface area contributed by atoms with Crippen molar-refractivity contribution < 1.29 is 23.4 Å². The monoisotopic (exact) mass is 415 g/mol. The SMILES string of the molecule is COc1ccc(CCC2CCCCN2C(=O)CCOc2ccc(F)cc2)cc1OC. The number of likely N-dealkylation sites (tertiary alicyclic amines) is 1. The summed E-state index contributed by atoms with van der Waals surface area (Å²) in [6.45, 7) is 1.09. The smallest absolute Gasteiger partial charge is 0.226 e. The number of rotatable bonds is 9. The minimum absolute atomic E-state index is 0.120. The summed E-state index contributed by atoms with van der Waals surface area (Å²) in [4.78, 5) is 14.8. The quantitative estimate of drug-likeness (QED) is 0.599. The van der Waals surface area contributed by atoms with Crippen LogP contribution in [0.25, 0.3) is 0 Å². The van der Waals surface area contributed by atoms with E-state index in [1.54, 1.807) is 26.4 Å². The van der Waals surface area contributed by atoms with Crippen LogP contribution < -0.4 is 14.2 Å². The molecule has 0 aromatic heterocycles. The first-order chi connectivity index (χ1) is 14.6. The van der Waals surface area contributed by atoms with E-state index in [1.807, 2.05) is 23.1 Å². The summed E-state index contributed by atoms with van der Waals surface area (Å²) in [5, 5.41) is 0. The predicted octanol–water partition coefficient (Wildman–Crippen LogP) is 4.63. The number of carbonyl (C=O) groups is 1. The van der Waals surface area contributed by atoms with E-state index < -0.39 is 0 Å². The maximum Gasteiger partial charge on any atom is 0.226 e. The second kappa shape index (κ2) is 10.9. The van der Waals surface area contributed by atoms with Gasteiger partial charge in [-0.3, -0.25) is 4.79 Å². The Bertz CT molecular complexity index is 824. The van der Waals surface area contributed by atoms with Crippen LogP contribution in [0.2, 0.25) is 0 Å². The predicted molar refractivity (Wildman–Crippen MR) is 114 cm³/mol. The average molecular weight is 416 g/mol. The highest BCUT2D eigenvalue weighted by molar-refractivity contribution is 5.76. The third-order valence-corrected chi connectivity index (χ3v) is 5.56. The van der Waals surface area contributed by atoms with Gasteiger partial charge in [0.1, 0.15) is 11.6 Å². The molecule has 1 unspecified atom stereocenters. The van der Waals surface area contributed by atoms with Crippen molar-refractivity contribution in [2.75, 3.05) is 27.4 Å². The van der Waals surface area contributed by atoms with Crippen LogP contribution in [0, 0.1) is 5.82 Å². The Morgan fingerprint density at radius 3 is 2.57 bits per heavy atom. The van der Waals surface area contributed by atoms with Gasteiger partial charge in [-0.1, -0.05) is 6.07 Å². The highest BCUT2D eigenvalue weighted by Crippen LogP contribution is 2.29. The number of nitrogens with zero attached hydrogens (tertiary/aromatic N) is 1. The lowest BCUT2D eigenvalue weighted by Gasteiger charge is -2.36. The molecule has 1 heterocycles. The number of hydrogen-bond acceptors (Lipinski definition) is 4. The first kappa shape index (κ1) is 21.9. The number of ether oxygens (including phenoxy) is 3. The van der Waals surface area contributed by atoms with Crippen LogP contribution in [-0.2, 0) is 11.2 Å². The maximum atomic E-state index is 13.0. The molecule has 0 aliphatic carbocycles. The van der Waals surface area contributed by atoms with Crippen molar-refractivity contribution in [2.24, 2.45) is 0 Å². The minimum Gasteiger partial charge on any atom is -0.493 e. The van der Waals surface area contributed by atoms with E-state index in [1.165, 1.54) is 17.7 Å². The molecule has 30 heavy (non-hydrogen) atoms. The molecule has 0 radical (unpaired) electrons. The number of halogens is 1. The van der Waals surface area contributed by atoms with Crippen molar-refractivity contribution in [1.29, 1.82) is 0 Å². The van der Waals surface area contributed by atoms with Crippen molar-refractivity contribution in [3.8, 4) is 17.2 Å². The molecule has 1 aliphatic heterocycles. The second-order valence-corrected chi connectivity index (χ2v) is 7.52. The van der Waals surface area contributed by atoms with E-state index >= 15 is 0 Å². The zero-order valence-corrected chi connectivity index (χ0v) is 17.7. The summed E-state index contributed by atoms with van der Waals surface area (Å²) in [5.74, 6) is 1.84. The summed E-state index contributed by atoms with van der Waals surface area (Å²) in [5.41, 5.74) is 1.17. The Labute approximate surface area is 177 Å². The van der Waals surface area contributed by atoms with Crippen molar-refractivity contribution in [2.45, 2.75) is 44.6 Å². The fourth-order valence-electron chi connectivity index (χ4n) is 3.93. The maximum absolute atomic E-state index is 13.0. The molecule has 1 amide bonds. The molecule has 2 aromatic carbocycles. The molecule has 1 saturated heterocycles. The Balaban J connectivity index is 1.52. The van der Waals surface area contributed by atoms with E-state index in [0.717, 1.165) is 50.1 Å². The van der Waals surface area contributed by atoms with Crippen molar-refractivity contribution >= 4 is 5.91 Å². The molecule has 0 bridgehead atoms. The van der Waals surface area contributed by atoms with Crippen LogP contribution in [-0.4, -0.2) is 44.2 Å². The second-order valence-electron chi connectivity index (χ2n) is 7.52. The molecule has 2 aromatic rings. The van der Waals surface area contributed by atoms with Gasteiger partial charge in [0.2, 0.25) is 5.91 Å². The molecular formula is C24H30FNO4. The van der Waals surface area contributed by atoms with E-state index in [9.17, 15) is 9.18 Å². The summed E-state index contributed by atoms with van der Waals surface area (Å²) in [7, 11) is 3.26. The number of aryl methyl sites for hydroxylation is 1. The fraction of sp³-hybridized carbons (Fsp3) is 0.458. The third kappa shape index (κ3) is 5.88. The first-order valence-corrected chi connectivity index (χ1v) is 10.5. The molecule has 0 N–H and O–H groups in total. The summed E-state index contributed by atoms with van der Waals surface area (Å²) < 4.78 is 29.3. The Morgan fingerprint density at radius 1 is 1.07 bits per heavy atom. The molecule has 0 spiro atoms. The minimum atomic E-state index is -0.302. The average Bonchev–Trinajstić information content (AvgIpc) is 2.78. The largest absolute Gasteiger partial charge is 0.493 e. The van der Waals surface area contributed by atoms with Crippen molar-refractivity contribution in [3.63, 3.8) is 0 Å². The van der Waals surface area contributed by atoms with Gasteiger partial charge in [-0.2, -0.15) is 0 Å². The van der Waals surface area contributed by atoms with Crippen LogP contribution >= 0.6 is 0 Å². The summed E-state index contributed by atoms with van der Waals surface area (Å²) >= 11 is 0. The Kier molecular flexibility index (Phi) is 7.94. The Hall–Kier alpha value is -2.76. The lowest BCUT2D eigenvalue weighted by atomic mass is 9.95. The van der Waals surface area contributed by atoms with Crippen LogP contribution in [0.5, 0.6) is 17.2 Å². The van der Waals surface area contributed by atoms with Crippen LogP contribution in [0.4, 0.5) is 4.39 Å². The van der Waals surface area contributed by atoms with Crippen LogP contribution in [0.3, 0.4) is 0 Å². The molecule has 5 nitrogen and oxygen atoms in total. The van der Waals surface area contributed by atoms with Gasteiger partial charge < -0.3 is 19.1 Å². The molecule has 162 valence electrons. The standard InChI is InChI=1S/C24H30FNO4/c1-28-22-13-7-18(17-23(22)29-2)6-10-20-5-3-4-15-26(20)24(27)14-16-30-21-11-8-19(25)9-12-21/h7-9,11-13,17,20H,3-6,10,14-16H2,1-2H3. The van der Waals surface area contributed by atoms with E-state index in [4.69, 9.17) is 14.2 Å². The molecular weight excluding hydrogens is 385 g/mol. The molecule has 1 fully saturated rings. The summed E-state index contributed by atoms with van der Waals surface area (Å²) in [6.07, 6.45) is 5.33. The van der Waals surface area contributed by atoms with E-state index in [0.29, 0.717) is 18.8 Å². The number of methoxy groups -OCH3 is 2. The first-order valence-electron chi connectivity index (χ1n) is 10.5. The molecule has 1 aliphatic rings. The lowest BCUT2D eigenvalue weighted by Crippen LogP contribution is -2.44. The topological polar surface area (TPSA) is 48.0 Å². The lowest BCUT2D eigenvalue weighted by molar-refractivity contribution is -0.135. The third-order valence-electron chi connectivity index (χ3n) is 5.56. The van der Waals surface area contributed by atoms with Gasteiger partial charge in [-0.05, 0) is 74.1 Å². The van der Waals surface area contributed by atoms with Crippen LogP contribution in [0.1, 0.15) is 37.7 Å². The van der Waals surface area contributed by atoms with Gasteiger partial charge >= 0.3 is 0 Å². The fourth-order valence-corrected chi connectivity index (χ4v) is 3.93. The number of amides is 1. The molecule has 0 saturated carbocycles. The molecule has 1 atom stereocenters. The van der Waals surface area contributed by atoms with Gasteiger partial charge in [0, 0.05) is 12.6 Å². The molecule has 6 heteroatoms. The normalized spacial score (nSPS) is 16.2. The summed E-state index contributed by atoms with van der Waals surface area (Å²) in [6, 6.07) is 12.1. The zero-order chi connectivity index (χ0) is 21.3. The number of benzene rings is 2. The highest BCUT2D eigenvalue weighted by atomic mass is 19.1. The van der Waals surface area contributed by atoms with Gasteiger partial charge in [-0.25, -0.2) is 4.39 Å². The van der Waals surface area contributed by atoms with Gasteiger partial charge in [0.05, 0.1) is 27.2 Å². The van der Waals surface area contributed by atoms with Crippen molar-refractivity contribution in [3.05, 3.63) is 53.8 Å². The molecule has 3 rings (SSSR count). The Morgan fingerprint density at radius 2 is 1.83 bits per heavy atom. The highest BCUT2D eigenvalue weighted by Gasteiger charge is 2.26. The number of hydrogen-bond donors (Lipinski definition) is 0. The van der Waals surface area contributed by atoms with E-state index in [2.05, 4.69) is 0 Å². The van der Waals surface area contributed by atoms with Gasteiger partial charge in [0.25, 0.3) is 0 Å². The van der Waals surface area contributed by atoms with E-state index in [-0.39, 0.29) is 17.8 Å². The van der Waals surface area contributed by atoms with Crippen molar-refractivity contribution in [1.82, 2.24) is 4.90 Å². The van der Waals surface area contributed by atoms with Gasteiger partial charge in [-0.15, -0.1) is 0 Å². The van der Waals surface area contributed by atoms with Crippen LogP contribution in [0.15, 0.2) is 42.5 Å². The number of piperidine rings is 1. The van der Waals surface area contributed by atoms with Gasteiger partial charge in [0.15, 0.2) is 11.5 Å². The zero-order valence-electron chi connectivity index (χ0n) is 17.7.